The molecule has 0 aromatic heterocycles. The van der Waals surface area contributed by atoms with Gasteiger partial charge in [-0.3, -0.25) is 0 Å². The number of rotatable bonds is 5. The molecule has 0 amide bonds. The molecule has 3 atom stereocenters. The lowest BCUT2D eigenvalue weighted by molar-refractivity contribution is -0.0730. The minimum atomic E-state index is -4.14. The molecule has 2 aromatic carbocycles. The van der Waals surface area contributed by atoms with Crippen LogP contribution in [0, 0.1) is 17.6 Å². The van der Waals surface area contributed by atoms with Gasteiger partial charge in [-0.25, -0.2) is 17.2 Å². The van der Waals surface area contributed by atoms with Gasteiger partial charge in [0, 0.05) is 17.5 Å². The van der Waals surface area contributed by atoms with Crippen LogP contribution in [0.15, 0.2) is 41.3 Å². The topological polar surface area (TPSA) is 52.6 Å². The minimum Gasteiger partial charge on any atom is -0.490 e. The zero-order chi connectivity index (χ0) is 21.5. The first-order valence-corrected chi connectivity index (χ1v) is 12.8. The van der Waals surface area contributed by atoms with Crippen LogP contribution in [0.5, 0.6) is 5.75 Å². The molecule has 1 fully saturated rings. The summed E-state index contributed by atoms with van der Waals surface area (Å²) in [5, 5.41) is 0.387. The maximum absolute atomic E-state index is 15.2. The lowest BCUT2D eigenvalue weighted by Gasteiger charge is -2.50. The Balaban J connectivity index is 1.97. The number of halogens is 3. The van der Waals surface area contributed by atoms with Crippen LogP contribution in [0.4, 0.5) is 8.78 Å². The van der Waals surface area contributed by atoms with Crippen LogP contribution in [0.2, 0.25) is 5.02 Å². The molecule has 2 aromatic rings. The fraction of sp³-hybridized carbons (Fsp3) is 0.429. The summed E-state index contributed by atoms with van der Waals surface area (Å²) in [6.07, 6.45) is 2.08. The smallest absolute Gasteiger partial charge is 0.189 e. The van der Waals surface area contributed by atoms with Gasteiger partial charge in [0.05, 0.1) is 23.2 Å². The predicted octanol–water partition coefficient (Wildman–Crippen LogP) is 4.84. The highest BCUT2D eigenvalue weighted by molar-refractivity contribution is 7.98. The van der Waals surface area contributed by atoms with Crippen molar-refractivity contribution in [3.05, 3.63) is 58.6 Å². The number of ether oxygens (including phenoxy) is 2. The normalized spacial score (nSPS) is 25.9. The molecule has 0 saturated carbocycles. The second-order valence-electron chi connectivity index (χ2n) is 7.44. The van der Waals surface area contributed by atoms with E-state index in [4.69, 9.17) is 21.1 Å². The second kappa shape index (κ2) is 8.30. The van der Waals surface area contributed by atoms with Crippen LogP contribution in [-0.2, 0) is 19.3 Å². The minimum absolute atomic E-state index is 0.00906. The van der Waals surface area contributed by atoms with E-state index in [1.165, 1.54) is 24.3 Å². The number of hydrogen-bond donors (Lipinski definition) is 0. The Morgan fingerprint density at radius 1 is 1.17 bits per heavy atom. The lowest BCUT2D eigenvalue weighted by Crippen LogP contribution is -2.57. The number of benzene rings is 2. The molecule has 2 heterocycles. The molecule has 9 heteroatoms. The van der Waals surface area contributed by atoms with Crippen molar-refractivity contribution in [3.8, 4) is 5.75 Å². The molecule has 0 radical (unpaired) electrons. The van der Waals surface area contributed by atoms with Gasteiger partial charge in [0.1, 0.15) is 10.6 Å². The van der Waals surface area contributed by atoms with Gasteiger partial charge in [0.2, 0.25) is 0 Å². The van der Waals surface area contributed by atoms with Crippen LogP contribution >= 0.6 is 23.4 Å². The van der Waals surface area contributed by atoms with E-state index < -0.39 is 38.2 Å². The molecule has 30 heavy (non-hydrogen) atoms. The summed E-state index contributed by atoms with van der Waals surface area (Å²) in [6, 6.07) is 7.69. The van der Waals surface area contributed by atoms with Crippen LogP contribution in [0.1, 0.15) is 18.4 Å². The average molecular weight is 475 g/mol. The van der Waals surface area contributed by atoms with Crippen LogP contribution in [0.3, 0.4) is 0 Å². The molecule has 2 aliphatic heterocycles. The summed E-state index contributed by atoms with van der Waals surface area (Å²) in [6.45, 7) is 0.0526. The average Bonchev–Trinajstić information content (AvgIpc) is 2.74. The molecule has 0 aliphatic carbocycles. The monoisotopic (exact) mass is 474 g/mol. The number of thioether (sulfide) groups is 1. The highest BCUT2D eigenvalue weighted by atomic mass is 35.5. The van der Waals surface area contributed by atoms with E-state index in [9.17, 15) is 12.8 Å². The van der Waals surface area contributed by atoms with Crippen molar-refractivity contribution in [2.45, 2.75) is 28.6 Å². The molecule has 0 spiro atoms. The fourth-order valence-electron chi connectivity index (χ4n) is 4.57. The van der Waals surface area contributed by atoms with Crippen LogP contribution < -0.4 is 4.74 Å². The number of fused-ring (bicyclic) bond motifs is 3. The van der Waals surface area contributed by atoms with Crippen molar-refractivity contribution in [1.82, 2.24) is 0 Å². The van der Waals surface area contributed by atoms with E-state index in [2.05, 4.69) is 0 Å². The van der Waals surface area contributed by atoms with Gasteiger partial charge >= 0.3 is 0 Å². The molecule has 0 N–H and O–H groups in total. The van der Waals surface area contributed by atoms with Crippen molar-refractivity contribution < 1.29 is 26.7 Å². The van der Waals surface area contributed by atoms with Crippen molar-refractivity contribution in [2.24, 2.45) is 5.92 Å². The van der Waals surface area contributed by atoms with Gasteiger partial charge in [0.25, 0.3) is 0 Å². The van der Waals surface area contributed by atoms with E-state index in [1.807, 2.05) is 6.26 Å². The third kappa shape index (κ3) is 3.32. The highest BCUT2D eigenvalue weighted by Gasteiger charge is 2.61. The third-order valence-electron chi connectivity index (χ3n) is 5.95. The van der Waals surface area contributed by atoms with Crippen molar-refractivity contribution in [3.63, 3.8) is 0 Å². The zero-order valence-corrected chi connectivity index (χ0v) is 18.6. The first-order chi connectivity index (χ1) is 14.3. The summed E-state index contributed by atoms with van der Waals surface area (Å²) in [7, 11) is -4.14. The summed E-state index contributed by atoms with van der Waals surface area (Å²) >= 11 is 7.56. The first-order valence-electron chi connectivity index (χ1n) is 9.55. The van der Waals surface area contributed by atoms with Crippen molar-refractivity contribution >= 4 is 33.2 Å². The number of hydrogen-bond acceptors (Lipinski definition) is 5. The Morgan fingerprint density at radius 2 is 1.87 bits per heavy atom. The maximum atomic E-state index is 15.2. The Kier molecular flexibility index (Phi) is 6.05. The Bertz CT molecular complexity index is 1050. The Morgan fingerprint density at radius 3 is 2.57 bits per heavy atom. The molecule has 4 rings (SSSR count). The molecule has 4 nitrogen and oxygen atoms in total. The van der Waals surface area contributed by atoms with Gasteiger partial charge < -0.3 is 9.47 Å². The quantitative estimate of drug-likeness (QED) is 0.620. The molecule has 2 aliphatic rings. The third-order valence-corrected chi connectivity index (χ3v) is 9.41. The SMILES string of the molecule is CSCC[C@@H]1OCC[C@@]2(S(=O)(=O)c3ccc(Cl)cc3)c3c(F)ccc(F)c3OCC12. The van der Waals surface area contributed by atoms with Crippen LogP contribution in [-0.4, -0.2) is 39.7 Å². The molecule has 1 unspecified atom stereocenters. The van der Waals surface area contributed by atoms with Gasteiger partial charge in [0.15, 0.2) is 21.4 Å². The van der Waals surface area contributed by atoms with Crippen molar-refractivity contribution in [1.29, 1.82) is 0 Å². The molecular formula is C21H21ClF2O4S2. The summed E-state index contributed by atoms with van der Waals surface area (Å²) in [4.78, 5) is 0.0129. The predicted molar refractivity (Wildman–Crippen MR) is 113 cm³/mol. The largest absolute Gasteiger partial charge is 0.490 e. The zero-order valence-electron chi connectivity index (χ0n) is 16.2. The lowest BCUT2D eigenvalue weighted by atomic mass is 9.75. The van der Waals surface area contributed by atoms with E-state index in [0.717, 1.165) is 17.9 Å². The fourth-order valence-corrected chi connectivity index (χ4v) is 7.51. The molecule has 0 bridgehead atoms. The van der Waals surface area contributed by atoms with Gasteiger partial charge in [-0.15, -0.1) is 0 Å². The van der Waals surface area contributed by atoms with E-state index >= 15 is 4.39 Å². The van der Waals surface area contributed by atoms with Gasteiger partial charge in [-0.1, -0.05) is 11.6 Å². The summed E-state index contributed by atoms with van der Waals surface area (Å²) in [5.74, 6) is -1.82. The standard InChI is InChI=1S/C21H21ClF2O4S2/c1-29-11-8-18-15-12-28-20-17(24)7-6-16(23)19(20)21(15,9-10-27-18)30(25,26)14-4-2-13(22)3-5-14/h2-7,15,18H,8-12H2,1H3/t15?,18-,21-/m0/s1. The van der Waals surface area contributed by atoms with E-state index in [0.29, 0.717) is 11.4 Å². The summed E-state index contributed by atoms with van der Waals surface area (Å²) < 4.78 is 67.7. The van der Waals surface area contributed by atoms with Crippen LogP contribution in [0.25, 0.3) is 0 Å². The molecule has 162 valence electrons. The van der Waals surface area contributed by atoms with Gasteiger partial charge in [-0.2, -0.15) is 11.8 Å². The van der Waals surface area contributed by atoms with E-state index in [-0.39, 0.29) is 35.8 Å². The maximum Gasteiger partial charge on any atom is 0.189 e. The number of sulfone groups is 1. The Labute approximate surface area is 183 Å². The molecule has 1 saturated heterocycles. The second-order valence-corrected chi connectivity index (χ2v) is 11.1. The Hall–Kier alpha value is -1.35. The highest BCUT2D eigenvalue weighted by Crippen LogP contribution is 2.55. The van der Waals surface area contributed by atoms with Crippen molar-refractivity contribution in [2.75, 3.05) is 25.2 Å². The van der Waals surface area contributed by atoms with Gasteiger partial charge in [-0.05, 0) is 61.2 Å². The van der Waals surface area contributed by atoms with E-state index in [1.54, 1.807) is 11.8 Å². The molecular weight excluding hydrogens is 454 g/mol. The first kappa shape index (κ1) is 21.9. The summed E-state index contributed by atoms with van der Waals surface area (Å²) in [5.41, 5.74) is -0.230.